The molecule has 0 aliphatic heterocycles. The molecule has 0 radical (unpaired) electrons. The first-order valence-electron chi connectivity index (χ1n) is 18.5. The van der Waals surface area contributed by atoms with E-state index in [9.17, 15) is 24.4 Å². The molecule has 0 aliphatic rings. The third kappa shape index (κ3) is 12.7. The van der Waals surface area contributed by atoms with Crippen molar-refractivity contribution >= 4 is 68.7 Å². The highest BCUT2D eigenvalue weighted by Gasteiger charge is 2.12. The molecule has 5 aromatic carbocycles. The third-order valence-corrected chi connectivity index (χ3v) is 8.41. The number of nitrogen functional groups attached to an aromatic ring is 3. The Labute approximate surface area is 353 Å². The van der Waals surface area contributed by atoms with Crippen molar-refractivity contribution in [3.05, 3.63) is 132 Å². The fourth-order valence-electron chi connectivity index (χ4n) is 5.50. The molecule has 2 aromatic heterocycles. The zero-order valence-electron chi connectivity index (χ0n) is 33.0. The van der Waals surface area contributed by atoms with E-state index in [0.29, 0.717) is 62.5 Å². The fourth-order valence-corrected chi connectivity index (χ4v) is 5.50. The van der Waals surface area contributed by atoms with Gasteiger partial charge in [-0.2, -0.15) is 10.5 Å². The summed E-state index contributed by atoms with van der Waals surface area (Å²) < 4.78 is 16.3. The lowest BCUT2D eigenvalue weighted by Gasteiger charge is -2.08. The van der Waals surface area contributed by atoms with Crippen LogP contribution in [0.25, 0.3) is 21.8 Å². The molecule has 0 bridgehead atoms. The number of carbonyl (C=O) groups is 4. The molecule has 12 N–H and O–H groups in total. The first-order chi connectivity index (χ1) is 29.8. The van der Waals surface area contributed by atoms with Crippen LogP contribution in [0.15, 0.2) is 115 Å². The lowest BCUT2D eigenvalue weighted by atomic mass is 10.1. The van der Waals surface area contributed by atoms with Crippen LogP contribution in [0.2, 0.25) is 0 Å². The Hall–Kier alpha value is -9.16. The van der Waals surface area contributed by atoms with Crippen LogP contribution in [-0.4, -0.2) is 52.0 Å². The average Bonchev–Trinajstić information content (AvgIpc) is 3.76. The van der Waals surface area contributed by atoms with Crippen LogP contribution in [0.5, 0.6) is 23.0 Å². The number of benzene rings is 5. The summed E-state index contributed by atoms with van der Waals surface area (Å²) >= 11 is 0. The van der Waals surface area contributed by atoms with Crippen LogP contribution < -0.4 is 42.6 Å². The van der Waals surface area contributed by atoms with Gasteiger partial charge in [-0.3, -0.25) is 14.4 Å². The van der Waals surface area contributed by atoms with Crippen molar-refractivity contribution in [1.29, 1.82) is 10.5 Å². The van der Waals surface area contributed by atoms with Gasteiger partial charge in [0, 0.05) is 40.1 Å². The Kier molecular flexibility index (Phi) is 14.9. The normalized spacial score (nSPS) is 10.0. The number of amides is 3. The van der Waals surface area contributed by atoms with Crippen molar-refractivity contribution in [1.82, 2.24) is 20.6 Å². The molecule has 0 aliphatic carbocycles. The molecule has 62 heavy (non-hydrogen) atoms. The quantitative estimate of drug-likeness (QED) is 0.0631. The van der Waals surface area contributed by atoms with Crippen molar-refractivity contribution in [3.8, 4) is 35.1 Å². The van der Waals surface area contributed by atoms with Gasteiger partial charge < -0.3 is 62.4 Å². The maximum atomic E-state index is 11.7. The van der Waals surface area contributed by atoms with Crippen molar-refractivity contribution < 1.29 is 38.5 Å². The number of carbonyl (C=O) groups excluding carboxylic acids is 3. The van der Waals surface area contributed by atoms with Gasteiger partial charge >= 0.3 is 12.1 Å². The summed E-state index contributed by atoms with van der Waals surface area (Å²) in [6, 6.07) is 37.9. The smallest absolute Gasteiger partial charge is 0.407 e. The number of nitrogens with one attached hydrogen (secondary N) is 5. The molecule has 0 atom stereocenters. The van der Waals surface area contributed by atoms with E-state index in [0.717, 1.165) is 22.0 Å². The Morgan fingerprint density at radius 3 is 1.65 bits per heavy atom. The van der Waals surface area contributed by atoms with Crippen LogP contribution in [0.1, 0.15) is 23.6 Å². The molecular weight excluding hydrogens is 797 g/mol. The van der Waals surface area contributed by atoms with Crippen LogP contribution in [0, 0.1) is 22.7 Å². The molecule has 18 nitrogen and oxygen atoms in total. The number of H-pyrrole nitrogens is 2. The number of nitriles is 2. The van der Waals surface area contributed by atoms with Crippen molar-refractivity contribution in [2.45, 2.75) is 13.5 Å². The predicted octanol–water partition coefficient (Wildman–Crippen LogP) is 6.48. The summed E-state index contributed by atoms with van der Waals surface area (Å²) in [5, 5.41) is 35.2. The summed E-state index contributed by atoms with van der Waals surface area (Å²) in [6.45, 7) is 0.951. The third-order valence-electron chi connectivity index (χ3n) is 8.41. The molecule has 0 unspecified atom stereocenters. The van der Waals surface area contributed by atoms with Gasteiger partial charge in [-0.25, -0.2) is 4.79 Å². The van der Waals surface area contributed by atoms with E-state index < -0.39 is 18.6 Å². The van der Waals surface area contributed by atoms with E-state index >= 15 is 0 Å². The van der Waals surface area contributed by atoms with Crippen LogP contribution in [0.4, 0.5) is 27.8 Å². The number of nitrogens with two attached hydrogens (primary N) is 3. The molecule has 7 aromatic rings. The molecule has 0 spiro atoms. The molecule has 314 valence electrons. The number of carboxylic acids is 1. The van der Waals surface area contributed by atoms with Crippen molar-refractivity contribution in [2.75, 3.05) is 35.6 Å². The summed E-state index contributed by atoms with van der Waals surface area (Å²) in [6.07, 6.45) is -0.735. The van der Waals surface area contributed by atoms with Crippen LogP contribution in [-0.2, 0) is 25.7 Å². The minimum atomic E-state index is -1.10. The minimum Gasteiger partial charge on any atom is -0.480 e. The van der Waals surface area contributed by atoms with E-state index in [1.54, 1.807) is 72.8 Å². The van der Waals surface area contributed by atoms with Gasteiger partial charge in [-0.1, -0.05) is 30.3 Å². The largest absolute Gasteiger partial charge is 0.480 e. The topological polar surface area (TPSA) is 310 Å². The predicted molar refractivity (Wildman–Crippen MR) is 232 cm³/mol. The van der Waals surface area contributed by atoms with E-state index in [1.165, 1.54) is 6.92 Å². The second-order valence-electron chi connectivity index (χ2n) is 13.0. The fraction of sp³-hybridized carbons (Fsp3) is 0.0909. The number of carboxylic acid groups (broad SMARTS) is 1. The number of hydrogen-bond donors (Lipinski definition) is 9. The highest BCUT2D eigenvalue weighted by atomic mass is 16.5. The lowest BCUT2D eigenvalue weighted by molar-refractivity contribution is -0.135. The SMILES string of the molecule is CC(=O)NCC(=O)Nc1ccc(Oc2ccc3[nH]c(N)c(C#N)c3c2)cc1.N#Cc1c(N)[nH]c2ccc(Oc3ccc(N)cc3)cc12.O=C(O)CNC(=O)OCc1ccccc1. The van der Waals surface area contributed by atoms with E-state index in [4.69, 9.17) is 41.8 Å². The summed E-state index contributed by atoms with van der Waals surface area (Å²) in [5.41, 5.74) is 21.7. The average molecular weight is 837 g/mol. The lowest BCUT2D eigenvalue weighted by Crippen LogP contribution is -2.31. The van der Waals surface area contributed by atoms with Gasteiger partial charge in [0.25, 0.3) is 0 Å². The Morgan fingerprint density at radius 2 is 1.16 bits per heavy atom. The van der Waals surface area contributed by atoms with Gasteiger partial charge in [0.1, 0.15) is 71.1 Å². The van der Waals surface area contributed by atoms with Crippen molar-refractivity contribution in [2.24, 2.45) is 0 Å². The zero-order valence-corrected chi connectivity index (χ0v) is 33.0. The molecule has 2 heterocycles. The molecular formula is C44H40N10O8. The zero-order chi connectivity index (χ0) is 44.6. The summed E-state index contributed by atoms with van der Waals surface area (Å²) in [4.78, 5) is 49.4. The standard InChI is InChI=1S/C19H17N5O3.C15H12N4O.C10H11NO4/c1-11(25)22-10-18(26)23-12-2-4-13(5-3-12)27-14-6-7-17-15(8-14)16(9-20)19(21)24-17;16-8-13-12-7-11(5-6-14(12)19-15(13)18)20-10-3-1-9(17)2-4-10;12-9(13)6-11-10(14)15-7-8-4-2-1-3-5-8/h2-8,24H,10,21H2,1H3,(H,22,25)(H,23,26);1-7,19H,17-18H2;1-5H,6-7H2,(H,11,14)(H,12,13). The molecule has 0 fully saturated rings. The first kappa shape index (κ1) is 44.0. The van der Waals surface area contributed by atoms with Crippen LogP contribution >= 0.6 is 0 Å². The molecule has 7 rings (SSSR count). The van der Waals surface area contributed by atoms with Crippen molar-refractivity contribution in [3.63, 3.8) is 0 Å². The number of ether oxygens (including phenoxy) is 3. The number of nitrogens with zero attached hydrogens (tertiary/aromatic N) is 2. The monoisotopic (exact) mass is 836 g/mol. The highest BCUT2D eigenvalue weighted by Crippen LogP contribution is 2.31. The molecule has 0 saturated carbocycles. The maximum absolute atomic E-state index is 11.7. The number of alkyl carbamates (subject to hydrolysis) is 1. The van der Waals surface area contributed by atoms with Gasteiger partial charge in [-0.05, 0) is 90.5 Å². The molecule has 18 heteroatoms. The number of aromatic amines is 2. The number of aromatic nitrogens is 2. The summed E-state index contributed by atoms with van der Waals surface area (Å²) in [5.74, 6) is 1.44. The number of rotatable bonds is 11. The Bertz CT molecular complexity index is 2770. The van der Waals surface area contributed by atoms with Gasteiger partial charge in [0.05, 0.1) is 6.54 Å². The summed E-state index contributed by atoms with van der Waals surface area (Å²) in [7, 11) is 0. The van der Waals surface area contributed by atoms with Gasteiger partial charge in [-0.15, -0.1) is 0 Å². The number of hydrogen-bond acceptors (Lipinski definition) is 12. The van der Waals surface area contributed by atoms with Gasteiger partial charge in [0.2, 0.25) is 11.8 Å². The Morgan fingerprint density at radius 1 is 0.661 bits per heavy atom. The molecule has 0 saturated heterocycles. The van der Waals surface area contributed by atoms with E-state index in [-0.39, 0.29) is 25.0 Å². The number of fused-ring (bicyclic) bond motifs is 2. The van der Waals surface area contributed by atoms with Gasteiger partial charge in [0.15, 0.2) is 0 Å². The highest BCUT2D eigenvalue weighted by molar-refractivity contribution is 5.95. The number of anilines is 4. The van der Waals surface area contributed by atoms with Crippen LogP contribution in [0.3, 0.4) is 0 Å². The maximum Gasteiger partial charge on any atom is 0.407 e. The minimum absolute atomic E-state index is 0.0887. The first-order valence-corrected chi connectivity index (χ1v) is 18.5. The Balaban J connectivity index is 0.000000184. The second kappa shape index (κ2) is 21.0. The second-order valence-corrected chi connectivity index (χ2v) is 13.0. The van der Waals surface area contributed by atoms with E-state index in [1.807, 2.05) is 42.5 Å². The van der Waals surface area contributed by atoms with E-state index in [2.05, 4.69) is 38.1 Å². The molecule has 3 amide bonds. The number of aliphatic carboxylic acids is 1.